The van der Waals surface area contributed by atoms with Crippen LogP contribution in [0.5, 0.6) is 5.75 Å². The minimum Gasteiger partial charge on any atom is -0.495 e. The van der Waals surface area contributed by atoms with Crippen molar-refractivity contribution in [3.63, 3.8) is 0 Å². The lowest BCUT2D eigenvalue weighted by Crippen LogP contribution is -2.51. The monoisotopic (exact) mass is 577 g/mol. The number of hydrogen-bond acceptors (Lipinski definition) is 5. The lowest BCUT2D eigenvalue weighted by atomic mass is 10.1. The highest BCUT2D eigenvalue weighted by Crippen LogP contribution is 2.35. The molecule has 0 aromatic heterocycles. The third-order valence-electron chi connectivity index (χ3n) is 5.80. The van der Waals surface area contributed by atoms with E-state index in [9.17, 15) is 18.0 Å². The second kappa shape index (κ2) is 13.0. The van der Waals surface area contributed by atoms with E-state index in [1.54, 1.807) is 62.4 Å². The summed E-state index contributed by atoms with van der Waals surface area (Å²) in [6.45, 7) is 3.19. The van der Waals surface area contributed by atoms with E-state index in [1.165, 1.54) is 36.3 Å². The smallest absolute Gasteiger partial charge is 0.264 e. The highest BCUT2D eigenvalue weighted by Gasteiger charge is 2.33. The molecule has 0 aliphatic carbocycles. The molecule has 8 nitrogen and oxygen atoms in total. The summed E-state index contributed by atoms with van der Waals surface area (Å²) in [4.78, 5) is 27.9. The number of hydrogen-bond donors (Lipinski definition) is 1. The van der Waals surface area contributed by atoms with Crippen LogP contribution in [-0.2, 0) is 26.2 Å². The minimum absolute atomic E-state index is 0.0177. The molecule has 3 aromatic rings. The van der Waals surface area contributed by atoms with Crippen molar-refractivity contribution in [1.29, 1.82) is 0 Å². The van der Waals surface area contributed by atoms with Gasteiger partial charge in [-0.1, -0.05) is 53.5 Å². The number of ether oxygens (including phenoxy) is 1. The molecule has 1 atom stereocenters. The first kappa shape index (κ1) is 29.3. The van der Waals surface area contributed by atoms with Crippen LogP contribution in [-0.4, -0.2) is 51.4 Å². The fourth-order valence-corrected chi connectivity index (χ4v) is 5.51. The summed E-state index contributed by atoms with van der Waals surface area (Å²) in [5.41, 5.74) is 0.811. The van der Waals surface area contributed by atoms with Crippen molar-refractivity contribution in [2.45, 2.75) is 31.3 Å². The number of nitrogens with zero attached hydrogens (tertiary/aromatic N) is 2. The first-order valence-electron chi connectivity index (χ1n) is 11.8. The molecule has 0 aliphatic rings. The molecule has 1 N–H and O–H groups in total. The number of sulfonamides is 1. The summed E-state index contributed by atoms with van der Waals surface area (Å²) in [5.74, 6) is -0.754. The lowest BCUT2D eigenvalue weighted by molar-refractivity contribution is -0.139. The lowest BCUT2D eigenvalue weighted by Gasteiger charge is -2.32. The maximum Gasteiger partial charge on any atom is 0.264 e. The zero-order valence-corrected chi connectivity index (χ0v) is 23.6. The van der Waals surface area contributed by atoms with Crippen LogP contribution >= 0.6 is 23.2 Å². The van der Waals surface area contributed by atoms with Gasteiger partial charge in [0, 0.05) is 23.1 Å². The zero-order valence-electron chi connectivity index (χ0n) is 21.2. The maximum absolute atomic E-state index is 13.9. The number of likely N-dealkylation sites (N-methyl/N-ethyl adjacent to an activating group) is 1. The van der Waals surface area contributed by atoms with Gasteiger partial charge in [-0.3, -0.25) is 13.9 Å². The number of methoxy groups -OCH3 is 1. The van der Waals surface area contributed by atoms with Gasteiger partial charge in [0.15, 0.2) is 0 Å². The molecule has 0 aliphatic heterocycles. The van der Waals surface area contributed by atoms with Gasteiger partial charge < -0.3 is 15.0 Å². The first-order valence-corrected chi connectivity index (χ1v) is 14.0. The average Bonchev–Trinajstić information content (AvgIpc) is 2.91. The van der Waals surface area contributed by atoms with Gasteiger partial charge in [-0.15, -0.1) is 0 Å². The summed E-state index contributed by atoms with van der Waals surface area (Å²) < 4.78 is 34.0. The molecule has 11 heteroatoms. The Balaban J connectivity index is 2.08. The maximum atomic E-state index is 13.9. The predicted molar refractivity (Wildman–Crippen MR) is 149 cm³/mol. The van der Waals surface area contributed by atoms with Crippen molar-refractivity contribution in [3.05, 3.63) is 88.4 Å². The van der Waals surface area contributed by atoms with E-state index in [0.29, 0.717) is 11.6 Å². The van der Waals surface area contributed by atoms with E-state index in [1.807, 2.05) is 0 Å². The van der Waals surface area contributed by atoms with Crippen LogP contribution in [0.3, 0.4) is 0 Å². The van der Waals surface area contributed by atoms with Crippen molar-refractivity contribution in [1.82, 2.24) is 10.2 Å². The molecule has 0 unspecified atom stereocenters. The SMILES string of the molecule is CCNC(=O)[C@@H](C)N(Cc1ccc(Cl)cc1)C(=O)CN(c1cc(Cl)ccc1OC)S(=O)(=O)c1ccccc1. The van der Waals surface area contributed by atoms with Gasteiger partial charge in [0.05, 0.1) is 17.7 Å². The van der Waals surface area contributed by atoms with E-state index in [4.69, 9.17) is 27.9 Å². The summed E-state index contributed by atoms with van der Waals surface area (Å²) in [5, 5.41) is 3.50. The zero-order chi connectivity index (χ0) is 27.9. The van der Waals surface area contributed by atoms with Crippen LogP contribution in [0.15, 0.2) is 77.7 Å². The highest BCUT2D eigenvalue weighted by atomic mass is 35.5. The van der Waals surface area contributed by atoms with Gasteiger partial charge in [-0.2, -0.15) is 0 Å². The van der Waals surface area contributed by atoms with E-state index in [-0.39, 0.29) is 33.8 Å². The van der Waals surface area contributed by atoms with Crippen molar-refractivity contribution >= 4 is 50.7 Å². The molecule has 0 saturated heterocycles. The van der Waals surface area contributed by atoms with Crippen LogP contribution in [0.1, 0.15) is 19.4 Å². The molecule has 3 rings (SSSR count). The van der Waals surface area contributed by atoms with E-state index in [0.717, 1.165) is 9.87 Å². The molecule has 2 amide bonds. The fourth-order valence-electron chi connectivity index (χ4n) is 3.78. The van der Waals surface area contributed by atoms with Crippen LogP contribution in [0.25, 0.3) is 0 Å². The molecule has 0 heterocycles. The Morgan fingerprint density at radius 1 is 0.974 bits per heavy atom. The predicted octanol–water partition coefficient (Wildman–Crippen LogP) is 4.75. The number of amides is 2. The summed E-state index contributed by atoms with van der Waals surface area (Å²) in [6.07, 6.45) is 0. The second-order valence-electron chi connectivity index (χ2n) is 8.36. The van der Waals surface area contributed by atoms with Gasteiger partial charge >= 0.3 is 0 Å². The Bertz CT molecular complexity index is 1370. The molecule has 202 valence electrons. The Kier molecular flexibility index (Phi) is 10.0. The summed E-state index contributed by atoms with van der Waals surface area (Å²) in [6, 6.07) is 18.2. The Hall–Kier alpha value is -3.27. The number of nitrogens with one attached hydrogen (secondary N) is 1. The Morgan fingerprint density at radius 2 is 1.61 bits per heavy atom. The molecular weight excluding hydrogens is 549 g/mol. The summed E-state index contributed by atoms with van der Waals surface area (Å²) in [7, 11) is -2.84. The van der Waals surface area contributed by atoms with E-state index >= 15 is 0 Å². The van der Waals surface area contributed by atoms with Crippen molar-refractivity contribution in [2.75, 3.05) is 24.5 Å². The molecule has 0 spiro atoms. The van der Waals surface area contributed by atoms with Crippen molar-refractivity contribution in [2.24, 2.45) is 0 Å². The normalized spacial score (nSPS) is 11.9. The van der Waals surface area contributed by atoms with Gasteiger partial charge in [0.25, 0.3) is 10.0 Å². The third kappa shape index (κ3) is 6.98. The molecule has 3 aromatic carbocycles. The summed E-state index contributed by atoms with van der Waals surface area (Å²) >= 11 is 12.2. The van der Waals surface area contributed by atoms with E-state index in [2.05, 4.69) is 5.32 Å². The van der Waals surface area contributed by atoms with Gasteiger partial charge in [0.1, 0.15) is 18.3 Å². The number of halogens is 2. The highest BCUT2D eigenvalue weighted by molar-refractivity contribution is 7.92. The van der Waals surface area contributed by atoms with Crippen molar-refractivity contribution in [3.8, 4) is 5.75 Å². The fraction of sp³-hybridized carbons (Fsp3) is 0.259. The number of rotatable bonds is 11. The molecule has 0 saturated carbocycles. The quantitative estimate of drug-likeness (QED) is 0.354. The largest absolute Gasteiger partial charge is 0.495 e. The van der Waals surface area contributed by atoms with Crippen LogP contribution in [0.2, 0.25) is 10.0 Å². The Morgan fingerprint density at radius 3 is 2.21 bits per heavy atom. The third-order valence-corrected chi connectivity index (χ3v) is 8.07. The molecule has 38 heavy (non-hydrogen) atoms. The van der Waals surface area contributed by atoms with Crippen LogP contribution in [0, 0.1) is 0 Å². The van der Waals surface area contributed by atoms with E-state index < -0.39 is 28.5 Å². The Labute approximate surface area is 233 Å². The first-order chi connectivity index (χ1) is 18.1. The number of benzene rings is 3. The van der Waals surface area contributed by atoms with Crippen molar-refractivity contribution < 1.29 is 22.7 Å². The van der Waals surface area contributed by atoms with Gasteiger partial charge in [0.2, 0.25) is 11.8 Å². The average molecular weight is 579 g/mol. The topological polar surface area (TPSA) is 96.0 Å². The second-order valence-corrected chi connectivity index (χ2v) is 11.1. The standard InChI is InChI=1S/C27H29Cl2N3O5S/c1-4-30-27(34)19(2)31(17-20-10-12-21(28)13-11-20)26(33)18-32(24-16-22(29)14-15-25(24)37-3)38(35,36)23-8-6-5-7-9-23/h5-16,19H,4,17-18H2,1-3H3,(H,30,34)/t19-/m1/s1. The molecule has 0 radical (unpaired) electrons. The molecule has 0 fully saturated rings. The minimum atomic E-state index is -4.24. The van der Waals surface area contributed by atoms with Crippen LogP contribution in [0.4, 0.5) is 5.69 Å². The molecule has 0 bridgehead atoms. The molecular formula is C27H29Cl2N3O5S. The number of carbonyl (C=O) groups is 2. The van der Waals surface area contributed by atoms with Gasteiger partial charge in [-0.25, -0.2) is 8.42 Å². The number of carbonyl (C=O) groups excluding carboxylic acids is 2. The van der Waals surface area contributed by atoms with Gasteiger partial charge in [-0.05, 0) is 61.9 Å². The van der Waals surface area contributed by atoms with Crippen LogP contribution < -0.4 is 14.4 Å². The number of anilines is 1.